The van der Waals surface area contributed by atoms with E-state index in [1.165, 1.54) is 51.4 Å². The number of nitrogens with one attached hydrogen (secondary N) is 2. The fourth-order valence-corrected chi connectivity index (χ4v) is 2.87. The van der Waals surface area contributed by atoms with Crippen molar-refractivity contribution < 1.29 is 9.63 Å². The highest BCUT2D eigenvalue weighted by molar-refractivity contribution is 9.10. The van der Waals surface area contributed by atoms with Crippen LogP contribution in [0.2, 0.25) is 0 Å². The van der Waals surface area contributed by atoms with Crippen LogP contribution in [-0.4, -0.2) is 12.6 Å². The molecule has 2 amide bonds. The average Bonchev–Trinajstić information content (AvgIpc) is 2.58. The van der Waals surface area contributed by atoms with Crippen molar-refractivity contribution >= 4 is 27.6 Å². The van der Waals surface area contributed by atoms with E-state index in [0.717, 1.165) is 23.0 Å². The maximum Gasteiger partial charge on any atom is 0.343 e. The zero-order valence-corrected chi connectivity index (χ0v) is 16.4. The van der Waals surface area contributed by atoms with Crippen LogP contribution in [0, 0.1) is 0 Å². The first-order chi connectivity index (χ1) is 11.7. The van der Waals surface area contributed by atoms with E-state index in [1.807, 2.05) is 24.3 Å². The molecule has 2 N–H and O–H groups in total. The van der Waals surface area contributed by atoms with Gasteiger partial charge in [-0.3, -0.25) is 4.84 Å². The van der Waals surface area contributed by atoms with Crippen molar-refractivity contribution in [3.8, 4) is 0 Å². The van der Waals surface area contributed by atoms with E-state index in [4.69, 9.17) is 4.84 Å². The number of benzene rings is 1. The Kier molecular flexibility index (Phi) is 12.5. The van der Waals surface area contributed by atoms with Gasteiger partial charge in [0.1, 0.15) is 0 Å². The summed E-state index contributed by atoms with van der Waals surface area (Å²) in [6, 6.07) is 7.11. The Morgan fingerprint density at radius 3 is 2.17 bits per heavy atom. The predicted molar refractivity (Wildman–Crippen MR) is 104 cm³/mol. The molecule has 1 rings (SSSR count). The number of hydrogen-bond acceptors (Lipinski definition) is 2. The van der Waals surface area contributed by atoms with Crippen LogP contribution in [0.5, 0.6) is 0 Å². The second-order valence-electron chi connectivity index (χ2n) is 6.07. The topological polar surface area (TPSA) is 50.4 Å². The molecule has 0 aliphatic heterocycles. The van der Waals surface area contributed by atoms with Crippen molar-refractivity contribution in [1.82, 2.24) is 5.48 Å². The minimum atomic E-state index is -0.353. The van der Waals surface area contributed by atoms with Crippen molar-refractivity contribution in [3.63, 3.8) is 0 Å². The lowest BCUT2D eigenvalue weighted by molar-refractivity contribution is 0.0631. The van der Waals surface area contributed by atoms with E-state index in [-0.39, 0.29) is 6.03 Å². The molecule has 136 valence electrons. The van der Waals surface area contributed by atoms with E-state index in [9.17, 15) is 4.79 Å². The Labute approximate surface area is 154 Å². The number of amides is 2. The zero-order chi connectivity index (χ0) is 17.5. The summed E-state index contributed by atoms with van der Waals surface area (Å²) in [7, 11) is 0. The molecule has 5 heteroatoms. The van der Waals surface area contributed by atoms with Crippen molar-refractivity contribution in [2.24, 2.45) is 0 Å². The van der Waals surface area contributed by atoms with Crippen LogP contribution in [0.15, 0.2) is 28.7 Å². The number of para-hydroxylation sites is 1. The van der Waals surface area contributed by atoms with Gasteiger partial charge in [0, 0.05) is 4.47 Å². The molecule has 0 saturated carbocycles. The Morgan fingerprint density at radius 2 is 1.54 bits per heavy atom. The second kappa shape index (κ2) is 14.3. The van der Waals surface area contributed by atoms with Crippen LogP contribution >= 0.6 is 15.9 Å². The monoisotopic (exact) mass is 398 g/mol. The fraction of sp³-hybridized carbons (Fsp3) is 0.632. The first-order valence-electron chi connectivity index (χ1n) is 9.17. The van der Waals surface area contributed by atoms with Gasteiger partial charge in [0.15, 0.2) is 0 Å². The van der Waals surface area contributed by atoms with Gasteiger partial charge < -0.3 is 5.32 Å². The normalized spacial score (nSPS) is 10.6. The zero-order valence-electron chi connectivity index (χ0n) is 14.8. The highest BCUT2D eigenvalue weighted by atomic mass is 79.9. The molecule has 24 heavy (non-hydrogen) atoms. The highest BCUT2D eigenvalue weighted by Gasteiger charge is 2.03. The lowest BCUT2D eigenvalue weighted by atomic mass is 10.1. The van der Waals surface area contributed by atoms with Crippen LogP contribution in [-0.2, 0) is 4.84 Å². The Hall–Kier alpha value is -1.07. The van der Waals surface area contributed by atoms with Crippen LogP contribution < -0.4 is 10.8 Å². The molecule has 0 radical (unpaired) electrons. The number of anilines is 1. The van der Waals surface area contributed by atoms with Crippen LogP contribution in [0.4, 0.5) is 10.5 Å². The van der Waals surface area contributed by atoms with Gasteiger partial charge in [-0.2, -0.15) is 0 Å². The third kappa shape index (κ3) is 10.7. The van der Waals surface area contributed by atoms with E-state index in [0.29, 0.717) is 6.61 Å². The minimum absolute atomic E-state index is 0.353. The number of rotatable bonds is 13. The largest absolute Gasteiger partial charge is 0.343 e. The van der Waals surface area contributed by atoms with Crippen LogP contribution in [0.1, 0.15) is 71.1 Å². The Balaban J connectivity index is 1.90. The van der Waals surface area contributed by atoms with E-state index < -0.39 is 0 Å². The quantitative estimate of drug-likeness (QED) is 0.297. The number of urea groups is 1. The van der Waals surface area contributed by atoms with E-state index in [1.54, 1.807) is 0 Å². The molecular formula is C19H31BrN2O2. The minimum Gasteiger partial charge on any atom is -0.305 e. The molecule has 0 atom stereocenters. The number of hydroxylamine groups is 1. The molecule has 0 heterocycles. The summed E-state index contributed by atoms with van der Waals surface area (Å²) in [5.74, 6) is 0. The maximum absolute atomic E-state index is 11.7. The molecule has 0 aliphatic carbocycles. The molecule has 4 nitrogen and oxygen atoms in total. The van der Waals surface area contributed by atoms with Gasteiger partial charge >= 0.3 is 6.03 Å². The Bertz CT molecular complexity index is 455. The van der Waals surface area contributed by atoms with E-state index >= 15 is 0 Å². The number of hydrogen-bond donors (Lipinski definition) is 2. The van der Waals surface area contributed by atoms with Gasteiger partial charge in [0.2, 0.25) is 0 Å². The SMILES string of the molecule is CCCCCCCCCCCCONC(=O)Nc1ccccc1Br. The van der Waals surface area contributed by atoms with Gasteiger partial charge in [0.05, 0.1) is 12.3 Å². The molecule has 0 aromatic heterocycles. The summed E-state index contributed by atoms with van der Waals surface area (Å²) in [5.41, 5.74) is 3.14. The molecule has 0 aliphatic rings. The number of carbonyl (C=O) groups excluding carboxylic acids is 1. The smallest absolute Gasteiger partial charge is 0.305 e. The van der Waals surface area contributed by atoms with Gasteiger partial charge in [-0.05, 0) is 34.5 Å². The molecule has 0 spiro atoms. The average molecular weight is 399 g/mol. The fourth-order valence-electron chi connectivity index (χ4n) is 2.49. The molecule has 0 unspecified atom stereocenters. The van der Waals surface area contributed by atoms with Gasteiger partial charge in [-0.1, -0.05) is 76.8 Å². The summed E-state index contributed by atoms with van der Waals surface area (Å²) in [6.45, 7) is 2.81. The van der Waals surface area contributed by atoms with Crippen molar-refractivity contribution in [2.45, 2.75) is 71.1 Å². The number of halogens is 1. The van der Waals surface area contributed by atoms with Gasteiger partial charge in [-0.25, -0.2) is 10.3 Å². The first-order valence-corrected chi connectivity index (χ1v) is 9.96. The summed E-state index contributed by atoms with van der Waals surface area (Å²) in [5, 5.41) is 2.73. The van der Waals surface area contributed by atoms with Crippen molar-refractivity contribution in [2.75, 3.05) is 11.9 Å². The summed E-state index contributed by atoms with van der Waals surface area (Å²) >= 11 is 3.38. The molecule has 0 fully saturated rings. The lowest BCUT2D eigenvalue weighted by Crippen LogP contribution is -2.29. The third-order valence-corrected chi connectivity index (χ3v) is 4.58. The lowest BCUT2D eigenvalue weighted by Gasteiger charge is -2.09. The number of unbranched alkanes of at least 4 members (excludes halogenated alkanes) is 9. The van der Waals surface area contributed by atoms with Crippen LogP contribution in [0.3, 0.4) is 0 Å². The number of carbonyl (C=O) groups is 1. The second-order valence-corrected chi connectivity index (χ2v) is 6.92. The van der Waals surface area contributed by atoms with E-state index in [2.05, 4.69) is 33.7 Å². The Morgan fingerprint density at radius 1 is 0.958 bits per heavy atom. The standard InChI is InChI=1S/C19H31BrN2O2/c1-2-3-4-5-6-7-8-9-10-13-16-24-22-19(23)21-18-15-12-11-14-17(18)20/h11-12,14-15H,2-10,13,16H2,1H3,(H2,21,22,23). The summed E-state index contributed by atoms with van der Waals surface area (Å²) < 4.78 is 0.842. The van der Waals surface area contributed by atoms with Gasteiger partial charge in [0.25, 0.3) is 0 Å². The first kappa shape index (κ1) is 21.0. The molecule has 1 aromatic carbocycles. The van der Waals surface area contributed by atoms with Crippen molar-refractivity contribution in [1.29, 1.82) is 0 Å². The third-order valence-electron chi connectivity index (χ3n) is 3.89. The molecular weight excluding hydrogens is 368 g/mol. The van der Waals surface area contributed by atoms with Gasteiger partial charge in [-0.15, -0.1) is 0 Å². The molecule has 0 bridgehead atoms. The maximum atomic E-state index is 11.7. The highest BCUT2D eigenvalue weighted by Crippen LogP contribution is 2.20. The molecule has 1 aromatic rings. The van der Waals surface area contributed by atoms with Crippen LogP contribution in [0.25, 0.3) is 0 Å². The summed E-state index contributed by atoms with van der Waals surface area (Å²) in [6.07, 6.45) is 12.9. The predicted octanol–water partition coefficient (Wildman–Crippen LogP) is 6.42. The molecule has 0 saturated heterocycles. The van der Waals surface area contributed by atoms with Crippen molar-refractivity contribution in [3.05, 3.63) is 28.7 Å². The summed E-state index contributed by atoms with van der Waals surface area (Å²) in [4.78, 5) is 16.9.